The molecule has 1 aromatic carbocycles. The summed E-state index contributed by atoms with van der Waals surface area (Å²) in [4.78, 5) is 22.8. The maximum atomic E-state index is 12.7. The molecule has 3 rings (SSSR count). The Kier molecular flexibility index (Phi) is 13.5. The molecule has 1 amide bonds. The van der Waals surface area contributed by atoms with E-state index < -0.39 is 11.8 Å². The molecule has 1 atom stereocenters. The fraction of sp³-hybridized carbons (Fsp3) is 0.500. The summed E-state index contributed by atoms with van der Waals surface area (Å²) in [6.45, 7) is 9.25. The first-order valence-corrected chi connectivity index (χ1v) is 8.92. The second kappa shape index (κ2) is 13.2. The van der Waals surface area contributed by atoms with Crippen molar-refractivity contribution in [3.8, 4) is 5.75 Å². The van der Waals surface area contributed by atoms with Gasteiger partial charge in [0, 0.05) is 24.1 Å². The van der Waals surface area contributed by atoms with Gasteiger partial charge in [-0.2, -0.15) is 0 Å². The number of fused-ring (bicyclic) bond motifs is 1. The van der Waals surface area contributed by atoms with Crippen LogP contribution in [-0.4, -0.2) is 35.9 Å². The number of benzene rings is 1. The topological polar surface area (TPSA) is 102 Å². The van der Waals surface area contributed by atoms with Crippen LogP contribution in [0, 0.1) is 5.92 Å². The number of nitrogens with zero attached hydrogens (tertiary/aromatic N) is 1. The molecule has 2 aliphatic rings. The molecular formula is C20H25K2NO6. The van der Waals surface area contributed by atoms with Crippen molar-refractivity contribution >= 4 is 17.9 Å². The van der Waals surface area contributed by atoms with Crippen molar-refractivity contribution in [1.29, 1.82) is 0 Å². The molecular weight excluding hydrogens is 428 g/mol. The Morgan fingerprint density at radius 2 is 1.83 bits per heavy atom. The average Bonchev–Trinajstić information content (AvgIpc) is 3.01. The van der Waals surface area contributed by atoms with E-state index in [-0.39, 0.29) is 109 Å². The normalized spacial score (nSPS) is 17.2. The van der Waals surface area contributed by atoms with Gasteiger partial charge in [-0.15, -0.1) is 0 Å². The fourth-order valence-electron chi connectivity index (χ4n) is 3.11. The number of carbonyl (C=O) groups excluding carboxylic acids is 2. The van der Waals surface area contributed by atoms with Crippen LogP contribution in [0.5, 0.6) is 5.75 Å². The van der Waals surface area contributed by atoms with Crippen LogP contribution in [0.2, 0.25) is 0 Å². The van der Waals surface area contributed by atoms with Gasteiger partial charge >= 0.3 is 109 Å². The number of rotatable bonds is 1. The van der Waals surface area contributed by atoms with E-state index in [1.54, 1.807) is 4.90 Å². The molecule has 0 saturated heterocycles. The predicted molar refractivity (Wildman–Crippen MR) is 95.7 cm³/mol. The van der Waals surface area contributed by atoms with Gasteiger partial charge in [0.1, 0.15) is 11.4 Å². The summed E-state index contributed by atoms with van der Waals surface area (Å²) in [5.74, 6) is 1.37. The molecule has 0 unspecified atom stereocenters. The Morgan fingerprint density at radius 1 is 1.21 bits per heavy atom. The number of amides is 1. The summed E-state index contributed by atoms with van der Waals surface area (Å²) in [7, 11) is 0. The van der Waals surface area contributed by atoms with Crippen molar-refractivity contribution in [3.63, 3.8) is 0 Å². The van der Waals surface area contributed by atoms with Gasteiger partial charge in [-0.25, -0.2) is 4.79 Å². The smallest absolute Gasteiger partial charge is 0.652 e. The Hall–Kier alpha value is 0.573. The van der Waals surface area contributed by atoms with Gasteiger partial charge in [-0.3, -0.25) is 4.90 Å². The summed E-state index contributed by atoms with van der Waals surface area (Å²) >= 11 is 0. The van der Waals surface area contributed by atoms with Crippen LogP contribution in [-0.2, 0) is 11.2 Å². The summed E-state index contributed by atoms with van der Waals surface area (Å²) in [6.07, 6.45) is 1.41. The molecule has 0 spiro atoms. The molecule has 0 fully saturated rings. The summed E-state index contributed by atoms with van der Waals surface area (Å²) < 4.78 is 11.3. The Balaban J connectivity index is 0.00000120. The molecule has 0 aromatic heterocycles. The van der Waals surface area contributed by atoms with E-state index in [4.69, 9.17) is 24.5 Å². The van der Waals surface area contributed by atoms with Crippen LogP contribution in [0.4, 0.5) is 9.59 Å². The van der Waals surface area contributed by atoms with E-state index in [1.807, 2.05) is 32.9 Å². The summed E-state index contributed by atoms with van der Waals surface area (Å²) in [5.41, 5.74) is 2.75. The van der Waals surface area contributed by atoms with E-state index in [9.17, 15) is 4.79 Å². The molecule has 2 heterocycles. The van der Waals surface area contributed by atoms with Crippen molar-refractivity contribution in [3.05, 3.63) is 35.4 Å². The summed E-state index contributed by atoms with van der Waals surface area (Å²) in [6, 6.07) is 6.06. The minimum absolute atomic E-state index is 0. The standard InChI is InChI=1S/C19H25NO3.CH2O3.2K/c1-13-8-9-16(20(12-13)18(21)23-19(2,3)4)14-6-5-7-17-15(14)10-11-22-17;2-1(3)4;;/h5-7,9,13H,8,10-12H2,1-4H3;(H2,2,3,4);;/q;;2*+1/p-2/t13-;;;/m0.../s1. The molecule has 0 N–H and O–H groups in total. The van der Waals surface area contributed by atoms with Crippen LogP contribution < -0.4 is 118 Å². The van der Waals surface area contributed by atoms with E-state index in [2.05, 4.69) is 19.1 Å². The van der Waals surface area contributed by atoms with Crippen LogP contribution >= 0.6 is 0 Å². The number of carboxylic acid groups (broad SMARTS) is 2. The van der Waals surface area contributed by atoms with Gasteiger partial charge < -0.3 is 24.5 Å². The quantitative estimate of drug-likeness (QED) is 0.400. The Morgan fingerprint density at radius 3 is 2.41 bits per heavy atom. The van der Waals surface area contributed by atoms with Crippen LogP contribution in [0.1, 0.15) is 45.2 Å². The molecule has 7 nitrogen and oxygen atoms in total. The molecule has 29 heavy (non-hydrogen) atoms. The van der Waals surface area contributed by atoms with Crippen LogP contribution in [0.15, 0.2) is 24.3 Å². The number of allylic oxidation sites excluding steroid dienone is 1. The number of hydrogen-bond acceptors (Lipinski definition) is 6. The second-order valence-corrected chi connectivity index (χ2v) is 7.65. The maximum absolute atomic E-state index is 12.7. The molecule has 0 saturated carbocycles. The van der Waals surface area contributed by atoms with Gasteiger partial charge in [0.2, 0.25) is 0 Å². The minimum Gasteiger partial charge on any atom is -0.652 e. The monoisotopic (exact) mass is 453 g/mol. The third-order valence-electron chi connectivity index (χ3n) is 4.13. The van der Waals surface area contributed by atoms with Crippen molar-refractivity contribution in [2.24, 2.45) is 5.92 Å². The molecule has 2 aliphatic heterocycles. The van der Waals surface area contributed by atoms with E-state index in [1.165, 1.54) is 5.56 Å². The molecule has 148 valence electrons. The van der Waals surface area contributed by atoms with E-state index in [0.29, 0.717) is 19.1 Å². The fourth-order valence-corrected chi connectivity index (χ4v) is 3.11. The first-order chi connectivity index (χ1) is 12.6. The Labute approximate surface area is 257 Å². The van der Waals surface area contributed by atoms with Gasteiger partial charge in [-0.05, 0) is 45.3 Å². The number of ether oxygens (including phenoxy) is 2. The number of carbonyl (C=O) groups is 2. The average molecular weight is 454 g/mol. The van der Waals surface area contributed by atoms with Crippen LogP contribution in [0.25, 0.3) is 5.70 Å². The van der Waals surface area contributed by atoms with Gasteiger partial charge in [0.25, 0.3) is 0 Å². The maximum Gasteiger partial charge on any atom is 1.00 e. The Bertz CT molecular complexity index is 741. The van der Waals surface area contributed by atoms with Crippen LogP contribution in [0.3, 0.4) is 0 Å². The van der Waals surface area contributed by atoms with Crippen molar-refractivity contribution < 1.29 is 132 Å². The van der Waals surface area contributed by atoms with Gasteiger partial charge in [-0.1, -0.05) is 25.1 Å². The minimum atomic E-state index is -2.33. The molecule has 0 bridgehead atoms. The molecule has 1 aromatic rings. The zero-order valence-corrected chi connectivity index (χ0v) is 24.4. The van der Waals surface area contributed by atoms with E-state index in [0.717, 1.165) is 29.9 Å². The first-order valence-electron chi connectivity index (χ1n) is 8.92. The van der Waals surface area contributed by atoms with Crippen molar-refractivity contribution in [2.75, 3.05) is 13.2 Å². The largest absolute Gasteiger partial charge is 1.00 e. The van der Waals surface area contributed by atoms with E-state index >= 15 is 0 Å². The third-order valence-corrected chi connectivity index (χ3v) is 4.13. The zero-order valence-electron chi connectivity index (χ0n) is 18.1. The molecule has 0 radical (unpaired) electrons. The SMILES string of the molecule is C[C@H]1CC=C(c2cccc3c2CCO3)N(C(=O)OC(C)(C)C)C1.O=C([O-])[O-].[K+].[K+]. The predicted octanol–water partition coefficient (Wildman–Crippen LogP) is -4.20. The first kappa shape index (κ1) is 29.6. The second-order valence-electron chi connectivity index (χ2n) is 7.65. The summed E-state index contributed by atoms with van der Waals surface area (Å²) in [5, 5.41) is 16.7. The third kappa shape index (κ3) is 9.30. The molecule has 9 heteroatoms. The van der Waals surface area contributed by atoms with Gasteiger partial charge in [0.05, 0.1) is 12.3 Å². The molecule has 0 aliphatic carbocycles. The van der Waals surface area contributed by atoms with Crippen molar-refractivity contribution in [2.45, 2.75) is 46.1 Å². The van der Waals surface area contributed by atoms with Crippen molar-refractivity contribution in [1.82, 2.24) is 4.90 Å². The van der Waals surface area contributed by atoms with Gasteiger partial charge in [0.15, 0.2) is 0 Å². The zero-order chi connectivity index (χ0) is 20.2. The number of hydrogen-bond donors (Lipinski definition) is 0.